The van der Waals surface area contributed by atoms with E-state index >= 15 is 0 Å². The first-order valence-electron chi connectivity index (χ1n) is 10.1. The quantitative estimate of drug-likeness (QED) is 0.328. The van der Waals surface area contributed by atoms with Gasteiger partial charge in [0.1, 0.15) is 10.8 Å². The van der Waals surface area contributed by atoms with Crippen LogP contribution in [0.1, 0.15) is 26.5 Å². The van der Waals surface area contributed by atoms with E-state index in [0.717, 1.165) is 22.4 Å². The van der Waals surface area contributed by atoms with E-state index in [1.54, 1.807) is 32.9 Å². The second-order valence-corrected chi connectivity index (χ2v) is 8.99. The maximum atomic E-state index is 12.9. The Morgan fingerprint density at radius 2 is 1.72 bits per heavy atom. The number of carbonyl (C=O) groups is 1. The van der Waals surface area contributed by atoms with Crippen molar-refractivity contribution in [2.45, 2.75) is 27.7 Å². The molecule has 0 unspecified atom stereocenters. The Labute approximate surface area is 190 Å². The molecule has 1 aromatic carbocycles. The number of ether oxygens (including phenoxy) is 1. The first-order chi connectivity index (χ1) is 15.1. The number of carbonyl (C=O) groups excluding carboxylic acids is 1. The van der Waals surface area contributed by atoms with Gasteiger partial charge in [-0.25, -0.2) is 9.97 Å². The lowest BCUT2D eigenvalue weighted by Crippen LogP contribution is -2.26. The number of aromatic amines is 1. The predicted molar refractivity (Wildman–Crippen MR) is 126 cm³/mol. The maximum Gasteiger partial charge on any atom is 0.317 e. The number of rotatable bonds is 3. The number of aromatic nitrogens is 3. The fourth-order valence-corrected chi connectivity index (χ4v) is 3.52. The minimum absolute atomic E-state index is 0.0597. The van der Waals surface area contributed by atoms with Crippen molar-refractivity contribution in [1.29, 1.82) is 0 Å². The van der Waals surface area contributed by atoms with Gasteiger partial charge in [0.25, 0.3) is 0 Å². The molecule has 4 aromatic rings. The van der Waals surface area contributed by atoms with Gasteiger partial charge >= 0.3 is 5.97 Å². The monoisotopic (exact) mass is 447 g/mol. The normalized spacial score (nSPS) is 11.5. The number of aryl methyl sites for hydroxylation is 1. The van der Waals surface area contributed by atoms with Gasteiger partial charge in [-0.05, 0) is 51.5 Å². The van der Waals surface area contributed by atoms with Gasteiger partial charge in [0.05, 0.1) is 16.5 Å². The number of H-pyrrole nitrogens is 1. The number of benzene rings is 1. The Kier molecular flexibility index (Phi) is 5.57. The third-order valence-corrected chi connectivity index (χ3v) is 5.08. The molecule has 4 rings (SSSR count). The molecule has 6 nitrogen and oxygen atoms in total. The third-order valence-electron chi connectivity index (χ3n) is 4.89. The molecule has 0 saturated heterocycles. The van der Waals surface area contributed by atoms with E-state index in [2.05, 4.69) is 9.97 Å². The zero-order chi connectivity index (χ0) is 23.0. The number of nitrogens with zero attached hydrogens (tertiary/aromatic N) is 2. The molecule has 0 fully saturated rings. The van der Waals surface area contributed by atoms with Gasteiger partial charge in [0.2, 0.25) is 5.88 Å². The van der Waals surface area contributed by atoms with Crippen LogP contribution in [-0.2, 0) is 4.79 Å². The number of fused-ring (bicyclic) bond motifs is 1. The van der Waals surface area contributed by atoms with Crippen molar-refractivity contribution >= 4 is 28.6 Å². The van der Waals surface area contributed by atoms with Crippen molar-refractivity contribution in [1.82, 2.24) is 15.0 Å². The lowest BCUT2D eigenvalue weighted by atomic mass is 9.97. The van der Waals surface area contributed by atoms with Crippen molar-refractivity contribution in [3.8, 4) is 28.3 Å². The van der Waals surface area contributed by atoms with Crippen LogP contribution in [-0.4, -0.2) is 20.9 Å². The Balaban J connectivity index is 1.96. The first kappa shape index (κ1) is 21.7. The molecule has 3 heterocycles. The molecule has 0 saturated carbocycles. The standard InChI is InChI=1S/C25H22ClN3O3/c1-14-10-16(11-20(26)27-14)17-12-18-19(30)13-21(32-24(31)25(2,3)4)28-23(18)29-22(17)15-8-6-5-7-9-15/h5-13H,1-4H3,(H,28,29,30). The second-order valence-electron chi connectivity index (χ2n) is 8.60. The number of halogens is 1. The van der Waals surface area contributed by atoms with E-state index in [1.165, 1.54) is 6.07 Å². The molecule has 0 spiro atoms. The summed E-state index contributed by atoms with van der Waals surface area (Å²) in [5, 5.41) is 0.735. The van der Waals surface area contributed by atoms with Gasteiger partial charge in [-0.2, -0.15) is 0 Å². The smallest absolute Gasteiger partial charge is 0.317 e. The summed E-state index contributed by atoms with van der Waals surface area (Å²) in [5.74, 6) is -0.390. The highest BCUT2D eigenvalue weighted by Crippen LogP contribution is 2.34. The van der Waals surface area contributed by atoms with Crippen LogP contribution in [0.15, 0.2) is 59.4 Å². The van der Waals surface area contributed by atoms with Crippen LogP contribution in [0.25, 0.3) is 33.4 Å². The zero-order valence-corrected chi connectivity index (χ0v) is 18.9. The minimum Gasteiger partial charge on any atom is -0.409 e. The fourth-order valence-electron chi connectivity index (χ4n) is 3.27. The van der Waals surface area contributed by atoms with Crippen molar-refractivity contribution < 1.29 is 9.53 Å². The van der Waals surface area contributed by atoms with Crippen LogP contribution in [0, 0.1) is 12.3 Å². The highest BCUT2D eigenvalue weighted by atomic mass is 35.5. The topological polar surface area (TPSA) is 84.9 Å². The summed E-state index contributed by atoms with van der Waals surface area (Å²) in [6, 6.07) is 16.3. The van der Waals surface area contributed by atoms with Crippen molar-refractivity contribution in [2.24, 2.45) is 5.41 Å². The molecule has 0 aliphatic rings. The lowest BCUT2D eigenvalue weighted by molar-refractivity contribution is -0.143. The van der Waals surface area contributed by atoms with Crippen molar-refractivity contribution in [3.05, 3.63) is 75.7 Å². The lowest BCUT2D eigenvalue weighted by Gasteiger charge is -2.16. The summed E-state index contributed by atoms with van der Waals surface area (Å²) in [7, 11) is 0. The summed E-state index contributed by atoms with van der Waals surface area (Å²) in [5.41, 5.74) is 3.15. The molecule has 0 aliphatic carbocycles. The van der Waals surface area contributed by atoms with Crippen LogP contribution in [0.4, 0.5) is 0 Å². The van der Waals surface area contributed by atoms with E-state index in [9.17, 15) is 9.59 Å². The number of hydrogen-bond acceptors (Lipinski definition) is 5. The van der Waals surface area contributed by atoms with Gasteiger partial charge in [-0.3, -0.25) is 9.59 Å². The average molecular weight is 448 g/mol. The molecule has 0 radical (unpaired) electrons. The average Bonchev–Trinajstić information content (AvgIpc) is 2.72. The minimum atomic E-state index is -0.712. The Hall–Kier alpha value is -3.51. The molecule has 0 amide bonds. The number of hydrogen-bond donors (Lipinski definition) is 1. The summed E-state index contributed by atoms with van der Waals surface area (Å²) < 4.78 is 5.40. The van der Waals surface area contributed by atoms with Crippen LogP contribution in [0.3, 0.4) is 0 Å². The molecule has 3 aromatic heterocycles. The van der Waals surface area contributed by atoms with Gasteiger partial charge in [-0.15, -0.1) is 0 Å². The predicted octanol–water partition coefficient (Wildman–Crippen LogP) is 5.57. The number of esters is 1. The second kappa shape index (κ2) is 8.20. The largest absolute Gasteiger partial charge is 0.409 e. The first-order valence-corrected chi connectivity index (χ1v) is 10.5. The molecule has 162 valence electrons. The van der Waals surface area contributed by atoms with Crippen molar-refractivity contribution in [3.63, 3.8) is 0 Å². The maximum absolute atomic E-state index is 12.9. The SMILES string of the molecule is Cc1cc(-c2cc3c(=O)cc(OC(=O)C(C)(C)C)[nH]c3nc2-c2ccccc2)cc(Cl)n1. The Bertz CT molecular complexity index is 1370. The molecular weight excluding hydrogens is 426 g/mol. The van der Waals surface area contributed by atoms with E-state index < -0.39 is 11.4 Å². The molecule has 0 atom stereocenters. The summed E-state index contributed by atoms with van der Waals surface area (Å²) >= 11 is 6.21. The van der Waals surface area contributed by atoms with Crippen LogP contribution >= 0.6 is 11.6 Å². The molecular formula is C25H22ClN3O3. The summed E-state index contributed by atoms with van der Waals surface area (Å²) in [6.45, 7) is 7.09. The molecule has 32 heavy (non-hydrogen) atoms. The van der Waals surface area contributed by atoms with Gasteiger partial charge < -0.3 is 9.72 Å². The molecule has 7 heteroatoms. The highest BCUT2D eigenvalue weighted by molar-refractivity contribution is 6.29. The van der Waals surface area contributed by atoms with E-state index in [4.69, 9.17) is 21.3 Å². The molecule has 0 aliphatic heterocycles. The van der Waals surface area contributed by atoms with Crippen LogP contribution in [0.2, 0.25) is 5.15 Å². The highest BCUT2D eigenvalue weighted by Gasteiger charge is 2.24. The van der Waals surface area contributed by atoms with Gasteiger partial charge in [-0.1, -0.05) is 41.9 Å². The third kappa shape index (κ3) is 4.41. The summed E-state index contributed by atoms with van der Waals surface area (Å²) in [6.07, 6.45) is 0. The van der Waals surface area contributed by atoms with E-state index in [1.807, 2.05) is 43.3 Å². The zero-order valence-electron chi connectivity index (χ0n) is 18.2. The number of pyridine rings is 3. The number of nitrogens with one attached hydrogen (secondary N) is 1. The Morgan fingerprint density at radius 3 is 2.38 bits per heavy atom. The van der Waals surface area contributed by atoms with E-state index in [-0.39, 0.29) is 11.3 Å². The van der Waals surface area contributed by atoms with Crippen LogP contribution in [0.5, 0.6) is 5.88 Å². The molecule has 1 N–H and O–H groups in total. The Morgan fingerprint density at radius 1 is 1.00 bits per heavy atom. The van der Waals surface area contributed by atoms with Gasteiger partial charge in [0, 0.05) is 22.9 Å². The van der Waals surface area contributed by atoms with Crippen molar-refractivity contribution in [2.75, 3.05) is 0 Å². The van der Waals surface area contributed by atoms with Gasteiger partial charge in [0.15, 0.2) is 5.43 Å². The fraction of sp³-hybridized carbons (Fsp3) is 0.200. The summed E-state index contributed by atoms with van der Waals surface area (Å²) in [4.78, 5) is 37.2. The van der Waals surface area contributed by atoms with Crippen LogP contribution < -0.4 is 10.2 Å². The molecule has 0 bridgehead atoms. The van der Waals surface area contributed by atoms with E-state index in [0.29, 0.717) is 21.9 Å².